The first-order valence-electron chi connectivity index (χ1n) is 33.5. The molecule has 79 heavy (non-hydrogen) atoms. The predicted octanol–water partition coefficient (Wildman–Crippen LogP) is 21.4. The summed E-state index contributed by atoms with van der Waals surface area (Å²) in [6.45, 7) is 4.36. The minimum absolute atomic E-state index is 0.0346. The van der Waals surface area contributed by atoms with Crippen LogP contribution in [0.15, 0.2) is 60.8 Å². The number of quaternary nitrogens is 1. The van der Waals surface area contributed by atoms with Gasteiger partial charge in [0.05, 0.1) is 27.7 Å². The van der Waals surface area contributed by atoms with Crippen molar-refractivity contribution in [2.24, 2.45) is 0 Å². The molecule has 0 aromatic rings. The van der Waals surface area contributed by atoms with E-state index in [9.17, 15) is 19.0 Å². The Morgan fingerprint density at radius 2 is 0.722 bits per heavy atom. The van der Waals surface area contributed by atoms with Crippen molar-refractivity contribution < 1.29 is 42.1 Å². The Morgan fingerprint density at radius 1 is 0.405 bits per heavy atom. The average molecular weight is 1130 g/mol. The number of carbonyl (C=O) groups excluding carboxylic acids is 2. The molecule has 0 fully saturated rings. The van der Waals surface area contributed by atoms with Crippen LogP contribution >= 0.6 is 7.82 Å². The number of carbonyl (C=O) groups is 2. The number of unbranched alkanes of at least 4 members (excludes halogenated alkanes) is 38. The van der Waals surface area contributed by atoms with Gasteiger partial charge in [0, 0.05) is 12.8 Å². The van der Waals surface area contributed by atoms with Gasteiger partial charge in [-0.1, -0.05) is 306 Å². The Kier molecular flexibility index (Phi) is 58.6. The molecule has 0 saturated heterocycles. The third-order valence-electron chi connectivity index (χ3n) is 14.8. The first-order chi connectivity index (χ1) is 38.5. The number of ether oxygens (including phenoxy) is 2. The first-order valence-corrected chi connectivity index (χ1v) is 35.0. The van der Waals surface area contributed by atoms with Gasteiger partial charge in [0.25, 0.3) is 0 Å². The SMILES string of the molecule is CC/C=C\C/C=C\C/C=C\C/C=C\C/C=C\CCCCCCCCCCCCCCCCCCCCCCCCCCCC(=O)OC(COC(=O)CCCCCCCCCCCCCCCC)COP(=O)(O)OCC[N+](C)(C)C. The Bertz CT molecular complexity index is 1520. The zero-order valence-electron chi connectivity index (χ0n) is 52.6. The lowest BCUT2D eigenvalue weighted by Gasteiger charge is -2.24. The van der Waals surface area contributed by atoms with Crippen LogP contribution in [0.1, 0.15) is 316 Å². The van der Waals surface area contributed by atoms with Crippen molar-refractivity contribution in [2.75, 3.05) is 47.5 Å². The second-order valence-electron chi connectivity index (χ2n) is 23.8. The lowest BCUT2D eigenvalue weighted by Crippen LogP contribution is -2.37. The van der Waals surface area contributed by atoms with E-state index >= 15 is 0 Å². The number of phosphoric ester groups is 1. The molecule has 0 aromatic heterocycles. The van der Waals surface area contributed by atoms with Crippen LogP contribution in [0.2, 0.25) is 0 Å². The maximum Gasteiger partial charge on any atom is 0.472 e. The van der Waals surface area contributed by atoms with Gasteiger partial charge in [0.1, 0.15) is 19.8 Å². The number of rotatable bonds is 62. The Labute approximate surface area is 489 Å². The topological polar surface area (TPSA) is 108 Å². The van der Waals surface area contributed by atoms with Crippen LogP contribution in [0.25, 0.3) is 0 Å². The zero-order valence-corrected chi connectivity index (χ0v) is 53.5. The summed E-state index contributed by atoms with van der Waals surface area (Å²) in [5, 5.41) is 0. The fourth-order valence-corrected chi connectivity index (χ4v) is 10.4. The summed E-state index contributed by atoms with van der Waals surface area (Å²) < 4.78 is 34.6. The van der Waals surface area contributed by atoms with Crippen molar-refractivity contribution in [1.82, 2.24) is 0 Å². The highest BCUT2D eigenvalue weighted by Gasteiger charge is 2.27. The molecule has 0 bridgehead atoms. The van der Waals surface area contributed by atoms with E-state index in [1.807, 2.05) is 21.1 Å². The molecular weight excluding hydrogens is 1000 g/mol. The molecule has 0 aromatic carbocycles. The molecule has 2 unspecified atom stereocenters. The average Bonchev–Trinajstić information content (AvgIpc) is 3.41. The number of allylic oxidation sites excluding steroid dienone is 10. The highest BCUT2D eigenvalue weighted by atomic mass is 31.2. The minimum Gasteiger partial charge on any atom is -0.462 e. The Balaban J connectivity index is 3.86. The molecule has 0 heterocycles. The van der Waals surface area contributed by atoms with Crippen LogP contribution in [0, 0.1) is 0 Å². The summed E-state index contributed by atoms with van der Waals surface area (Å²) in [5.41, 5.74) is 0. The quantitative estimate of drug-likeness (QED) is 0.0211. The summed E-state index contributed by atoms with van der Waals surface area (Å²) in [7, 11) is 1.49. The van der Waals surface area contributed by atoms with E-state index in [1.165, 1.54) is 218 Å². The number of phosphoric acid groups is 1. The van der Waals surface area contributed by atoms with Gasteiger partial charge in [-0.3, -0.25) is 18.6 Å². The van der Waals surface area contributed by atoms with Crippen molar-refractivity contribution in [1.29, 1.82) is 0 Å². The van der Waals surface area contributed by atoms with Crippen LogP contribution in [0.5, 0.6) is 0 Å². The second-order valence-corrected chi connectivity index (χ2v) is 25.3. The van der Waals surface area contributed by atoms with Gasteiger partial charge in [-0.25, -0.2) is 4.57 Å². The molecule has 0 amide bonds. The molecule has 0 aliphatic rings. The number of hydrogen-bond donors (Lipinski definition) is 1. The van der Waals surface area contributed by atoms with E-state index < -0.39 is 26.5 Å². The molecule has 1 N–H and O–H groups in total. The minimum atomic E-state index is -4.38. The molecular formula is C69H129NO8P+. The van der Waals surface area contributed by atoms with Crippen LogP contribution in [-0.4, -0.2) is 74.9 Å². The Hall–Kier alpha value is -2.29. The molecule has 0 radical (unpaired) electrons. The summed E-state index contributed by atoms with van der Waals surface area (Å²) in [4.78, 5) is 35.7. The molecule has 0 saturated carbocycles. The molecule has 0 spiro atoms. The van der Waals surface area contributed by atoms with Crippen LogP contribution < -0.4 is 0 Å². The maximum absolute atomic E-state index is 12.8. The first kappa shape index (κ1) is 76.7. The van der Waals surface area contributed by atoms with Gasteiger partial charge in [0.15, 0.2) is 6.10 Å². The van der Waals surface area contributed by atoms with Gasteiger partial charge in [-0.2, -0.15) is 0 Å². The molecule has 0 aliphatic carbocycles. The number of hydrogen-bond acceptors (Lipinski definition) is 7. The number of likely N-dealkylation sites (N-methyl/N-ethyl adjacent to an activating group) is 1. The Morgan fingerprint density at radius 3 is 1.08 bits per heavy atom. The van der Waals surface area contributed by atoms with Crippen molar-refractivity contribution in [3.8, 4) is 0 Å². The zero-order chi connectivity index (χ0) is 57.7. The molecule has 0 aliphatic heterocycles. The summed E-state index contributed by atoms with van der Waals surface area (Å²) in [6, 6.07) is 0. The van der Waals surface area contributed by atoms with Gasteiger partial charge in [0.2, 0.25) is 0 Å². The van der Waals surface area contributed by atoms with Gasteiger partial charge >= 0.3 is 19.8 Å². The predicted molar refractivity (Wildman–Crippen MR) is 340 cm³/mol. The van der Waals surface area contributed by atoms with Crippen molar-refractivity contribution in [3.63, 3.8) is 0 Å². The molecule has 9 nitrogen and oxygen atoms in total. The highest BCUT2D eigenvalue weighted by Crippen LogP contribution is 2.43. The van der Waals surface area contributed by atoms with E-state index in [4.69, 9.17) is 18.5 Å². The number of nitrogens with zero attached hydrogens (tertiary/aromatic N) is 1. The fraction of sp³-hybridized carbons (Fsp3) is 0.826. The van der Waals surface area contributed by atoms with E-state index in [0.29, 0.717) is 23.9 Å². The van der Waals surface area contributed by atoms with Gasteiger partial charge < -0.3 is 18.9 Å². The lowest BCUT2D eigenvalue weighted by atomic mass is 10.0. The van der Waals surface area contributed by atoms with Crippen molar-refractivity contribution in [2.45, 2.75) is 322 Å². The second kappa shape index (κ2) is 60.3. The highest BCUT2D eigenvalue weighted by molar-refractivity contribution is 7.47. The third kappa shape index (κ3) is 64.7. The number of esters is 2. The molecule has 462 valence electrons. The van der Waals surface area contributed by atoms with Crippen LogP contribution in [-0.2, 0) is 32.7 Å². The van der Waals surface area contributed by atoms with E-state index in [1.54, 1.807) is 0 Å². The summed E-state index contributed by atoms with van der Waals surface area (Å²) >= 11 is 0. The maximum atomic E-state index is 12.8. The van der Waals surface area contributed by atoms with E-state index in [-0.39, 0.29) is 25.6 Å². The molecule has 2 atom stereocenters. The molecule has 0 rings (SSSR count). The van der Waals surface area contributed by atoms with E-state index in [2.05, 4.69) is 74.6 Å². The third-order valence-corrected chi connectivity index (χ3v) is 15.8. The van der Waals surface area contributed by atoms with Crippen molar-refractivity contribution in [3.05, 3.63) is 60.8 Å². The van der Waals surface area contributed by atoms with Crippen molar-refractivity contribution >= 4 is 19.8 Å². The van der Waals surface area contributed by atoms with E-state index in [0.717, 1.165) is 64.2 Å². The van der Waals surface area contributed by atoms with Crippen LogP contribution in [0.4, 0.5) is 0 Å². The standard InChI is InChI=1S/C69H128NO8P/c1-6-8-10-12-14-16-18-20-22-23-24-25-26-27-28-29-30-31-32-33-34-35-36-37-38-39-40-41-42-43-44-45-46-47-48-50-52-54-56-58-60-62-69(72)78-67(66-77-79(73,74)76-64-63-70(3,4)5)65-75-68(71)61-59-57-55-53-51-49-21-19-17-15-13-11-9-7-2/h8,10,14,16,20,22,24-25,27-28,67H,6-7,9,11-13,15,17-19,21,23,26,29-66H2,1-5H3/p+1/b10-8-,16-14-,22-20-,25-24-,28-27-. The monoisotopic (exact) mass is 1130 g/mol. The lowest BCUT2D eigenvalue weighted by molar-refractivity contribution is -0.870. The normalized spacial score (nSPS) is 13.5. The summed E-state index contributed by atoms with van der Waals surface area (Å²) in [5.74, 6) is -0.780. The smallest absolute Gasteiger partial charge is 0.462 e. The largest absolute Gasteiger partial charge is 0.472 e. The van der Waals surface area contributed by atoms with Gasteiger partial charge in [-0.05, 0) is 57.8 Å². The van der Waals surface area contributed by atoms with Crippen LogP contribution in [0.3, 0.4) is 0 Å². The summed E-state index contributed by atoms with van der Waals surface area (Å²) in [6.07, 6.45) is 79.1. The fourth-order valence-electron chi connectivity index (χ4n) is 9.69. The van der Waals surface area contributed by atoms with Gasteiger partial charge in [-0.15, -0.1) is 0 Å². The molecule has 10 heteroatoms.